The fraction of sp³-hybridized carbons (Fsp3) is 0.478. The summed E-state index contributed by atoms with van der Waals surface area (Å²) >= 11 is 0. The number of carbonyl (C=O) groups is 1. The molecule has 0 spiro atoms. The Morgan fingerprint density at radius 1 is 1.29 bits per heavy atom. The molecule has 7 nitrogen and oxygen atoms in total. The van der Waals surface area contributed by atoms with Gasteiger partial charge in [-0.1, -0.05) is 12.1 Å². The molecule has 1 atom stereocenters. The predicted molar refractivity (Wildman–Crippen MR) is 119 cm³/mol. The molecule has 0 radical (unpaired) electrons. The molecule has 3 rings (SSSR count). The first-order valence-corrected chi connectivity index (χ1v) is 10.4. The quantitative estimate of drug-likeness (QED) is 0.690. The minimum Gasteiger partial charge on any atom is -0.497 e. The SMILES string of the molecule is COc1ccc(CNc2cc(N3CCC(N(C)C(=O)OC(C)(C)C)C3)cc(F)n2)cc1. The average molecular weight is 431 g/mol. The fourth-order valence-electron chi connectivity index (χ4n) is 3.47. The second kappa shape index (κ2) is 9.41. The number of hydrogen-bond donors (Lipinski definition) is 1. The average Bonchev–Trinajstić information content (AvgIpc) is 3.20. The molecule has 8 heteroatoms. The van der Waals surface area contributed by atoms with Crippen LogP contribution in [0.4, 0.5) is 20.7 Å². The van der Waals surface area contributed by atoms with Crippen molar-refractivity contribution in [2.45, 2.75) is 45.4 Å². The van der Waals surface area contributed by atoms with Gasteiger partial charge in [0.05, 0.1) is 13.2 Å². The van der Waals surface area contributed by atoms with E-state index in [0.29, 0.717) is 18.9 Å². The van der Waals surface area contributed by atoms with Gasteiger partial charge in [0.25, 0.3) is 0 Å². The number of rotatable bonds is 6. The molecule has 0 saturated carbocycles. The number of benzene rings is 1. The highest BCUT2D eigenvalue weighted by atomic mass is 19.1. The normalized spacial score (nSPS) is 16.2. The minimum atomic E-state index is -0.543. The highest BCUT2D eigenvalue weighted by molar-refractivity contribution is 5.68. The van der Waals surface area contributed by atoms with Crippen LogP contribution in [-0.2, 0) is 11.3 Å². The molecule has 1 unspecified atom stereocenters. The zero-order valence-corrected chi connectivity index (χ0v) is 18.8. The Bertz CT molecular complexity index is 899. The minimum absolute atomic E-state index is 0.00165. The van der Waals surface area contributed by atoms with E-state index in [4.69, 9.17) is 9.47 Å². The van der Waals surface area contributed by atoms with Crippen molar-refractivity contribution in [2.75, 3.05) is 37.5 Å². The van der Waals surface area contributed by atoms with E-state index < -0.39 is 11.5 Å². The Labute approximate surface area is 183 Å². The molecular formula is C23H31FN4O3. The van der Waals surface area contributed by atoms with Crippen LogP contribution in [0.2, 0.25) is 0 Å². The van der Waals surface area contributed by atoms with Crippen molar-refractivity contribution in [1.82, 2.24) is 9.88 Å². The van der Waals surface area contributed by atoms with Gasteiger partial charge in [0.1, 0.15) is 17.2 Å². The molecule has 1 aliphatic rings. The van der Waals surface area contributed by atoms with Gasteiger partial charge < -0.3 is 24.6 Å². The van der Waals surface area contributed by atoms with Crippen molar-refractivity contribution in [3.05, 3.63) is 47.9 Å². The Kier molecular flexibility index (Phi) is 6.87. The molecule has 1 aliphatic heterocycles. The number of aromatic nitrogens is 1. The number of hydrogen-bond acceptors (Lipinski definition) is 6. The second-order valence-corrected chi connectivity index (χ2v) is 8.71. The van der Waals surface area contributed by atoms with Gasteiger partial charge in [0.15, 0.2) is 0 Å². The number of amides is 1. The first kappa shape index (κ1) is 22.7. The third-order valence-electron chi connectivity index (χ3n) is 5.17. The van der Waals surface area contributed by atoms with E-state index in [9.17, 15) is 9.18 Å². The van der Waals surface area contributed by atoms with Crippen LogP contribution in [0.3, 0.4) is 0 Å². The van der Waals surface area contributed by atoms with Gasteiger partial charge in [-0.05, 0) is 44.9 Å². The fourth-order valence-corrected chi connectivity index (χ4v) is 3.47. The first-order chi connectivity index (χ1) is 14.6. The van der Waals surface area contributed by atoms with Gasteiger partial charge in [0, 0.05) is 44.5 Å². The number of nitrogens with one attached hydrogen (secondary N) is 1. The largest absolute Gasteiger partial charge is 0.497 e. The van der Waals surface area contributed by atoms with Gasteiger partial charge in [-0.2, -0.15) is 4.39 Å². The lowest BCUT2D eigenvalue weighted by Crippen LogP contribution is -2.42. The number of likely N-dealkylation sites (N-methyl/N-ethyl adjacent to an activating group) is 1. The molecule has 2 aromatic rings. The summed E-state index contributed by atoms with van der Waals surface area (Å²) in [6.45, 7) is 7.39. The second-order valence-electron chi connectivity index (χ2n) is 8.71. The van der Waals surface area contributed by atoms with E-state index in [2.05, 4.69) is 15.2 Å². The molecule has 1 fully saturated rings. The molecule has 2 heterocycles. The van der Waals surface area contributed by atoms with E-state index in [1.807, 2.05) is 51.1 Å². The number of methoxy groups -OCH3 is 1. The zero-order chi connectivity index (χ0) is 22.6. The molecule has 0 aliphatic carbocycles. The van der Waals surface area contributed by atoms with Crippen LogP contribution in [0.15, 0.2) is 36.4 Å². The highest BCUT2D eigenvalue weighted by Crippen LogP contribution is 2.26. The van der Waals surface area contributed by atoms with Crippen molar-refractivity contribution < 1.29 is 18.7 Å². The third-order valence-corrected chi connectivity index (χ3v) is 5.17. The summed E-state index contributed by atoms with van der Waals surface area (Å²) in [7, 11) is 3.37. The summed E-state index contributed by atoms with van der Waals surface area (Å²) < 4.78 is 24.8. The van der Waals surface area contributed by atoms with Crippen LogP contribution in [0.1, 0.15) is 32.8 Å². The number of ether oxygens (including phenoxy) is 2. The Balaban J connectivity index is 1.62. The van der Waals surface area contributed by atoms with E-state index >= 15 is 0 Å². The molecule has 0 bridgehead atoms. The summed E-state index contributed by atoms with van der Waals surface area (Å²) in [6, 6.07) is 10.9. The third kappa shape index (κ3) is 6.23. The van der Waals surface area contributed by atoms with E-state index in [1.54, 1.807) is 19.1 Å². The number of pyridine rings is 1. The van der Waals surface area contributed by atoms with Crippen molar-refractivity contribution in [3.8, 4) is 5.75 Å². The van der Waals surface area contributed by atoms with Crippen LogP contribution in [0.25, 0.3) is 0 Å². The van der Waals surface area contributed by atoms with E-state index in [1.165, 1.54) is 6.07 Å². The van der Waals surface area contributed by atoms with Crippen LogP contribution < -0.4 is 15.0 Å². The maximum absolute atomic E-state index is 14.2. The Morgan fingerprint density at radius 3 is 2.65 bits per heavy atom. The topological polar surface area (TPSA) is 66.9 Å². The summed E-state index contributed by atoms with van der Waals surface area (Å²) in [5, 5.41) is 3.18. The highest BCUT2D eigenvalue weighted by Gasteiger charge is 2.31. The lowest BCUT2D eigenvalue weighted by Gasteiger charge is -2.29. The van der Waals surface area contributed by atoms with Gasteiger partial charge in [-0.15, -0.1) is 0 Å². The van der Waals surface area contributed by atoms with Crippen molar-refractivity contribution in [2.24, 2.45) is 0 Å². The summed E-state index contributed by atoms with van der Waals surface area (Å²) in [4.78, 5) is 20.0. The Hall–Kier alpha value is -3.03. The van der Waals surface area contributed by atoms with Gasteiger partial charge >= 0.3 is 6.09 Å². The predicted octanol–water partition coefficient (Wildman–Crippen LogP) is 4.29. The summed E-state index contributed by atoms with van der Waals surface area (Å²) in [6.07, 6.45) is 0.441. The molecule has 1 aromatic heterocycles. The molecule has 1 N–H and O–H groups in total. The monoisotopic (exact) mass is 430 g/mol. The first-order valence-electron chi connectivity index (χ1n) is 10.4. The molecule has 1 saturated heterocycles. The number of anilines is 2. The van der Waals surface area contributed by atoms with E-state index in [-0.39, 0.29) is 12.1 Å². The molecule has 168 valence electrons. The van der Waals surface area contributed by atoms with Crippen molar-refractivity contribution in [1.29, 1.82) is 0 Å². The van der Waals surface area contributed by atoms with Crippen LogP contribution in [0, 0.1) is 5.95 Å². The molecule has 1 amide bonds. The number of carbonyl (C=O) groups excluding carboxylic acids is 1. The lowest BCUT2D eigenvalue weighted by atomic mass is 10.2. The van der Waals surface area contributed by atoms with Gasteiger partial charge in [0.2, 0.25) is 5.95 Å². The smallest absolute Gasteiger partial charge is 0.410 e. The van der Waals surface area contributed by atoms with Crippen LogP contribution in [0.5, 0.6) is 5.75 Å². The number of halogens is 1. The lowest BCUT2D eigenvalue weighted by molar-refractivity contribution is 0.0238. The standard InChI is InChI=1S/C23H31FN4O3/c1-23(2,3)31-22(29)27(4)17-10-11-28(15-17)18-12-20(24)26-21(13-18)25-14-16-6-8-19(30-5)9-7-16/h6-9,12-13,17H,10-11,14-15H2,1-5H3,(H,25,26). The number of nitrogens with zero attached hydrogens (tertiary/aromatic N) is 3. The van der Waals surface area contributed by atoms with Crippen molar-refractivity contribution in [3.63, 3.8) is 0 Å². The summed E-state index contributed by atoms with van der Waals surface area (Å²) in [5.74, 6) is 0.711. The van der Waals surface area contributed by atoms with Crippen LogP contribution >= 0.6 is 0 Å². The maximum Gasteiger partial charge on any atom is 0.410 e. The van der Waals surface area contributed by atoms with E-state index in [0.717, 1.165) is 30.0 Å². The van der Waals surface area contributed by atoms with Gasteiger partial charge in [-0.3, -0.25) is 0 Å². The molecular weight excluding hydrogens is 399 g/mol. The molecule has 31 heavy (non-hydrogen) atoms. The van der Waals surface area contributed by atoms with Gasteiger partial charge in [-0.25, -0.2) is 9.78 Å². The zero-order valence-electron chi connectivity index (χ0n) is 18.8. The van der Waals surface area contributed by atoms with Crippen LogP contribution in [-0.4, -0.2) is 54.9 Å². The molecule has 1 aromatic carbocycles. The summed E-state index contributed by atoms with van der Waals surface area (Å²) in [5.41, 5.74) is 1.24. The Morgan fingerprint density at radius 2 is 2.00 bits per heavy atom. The van der Waals surface area contributed by atoms with Crippen molar-refractivity contribution >= 4 is 17.6 Å². The maximum atomic E-state index is 14.2.